The van der Waals surface area contributed by atoms with Crippen LogP contribution in [0.1, 0.15) is 15.7 Å². The second-order valence-electron chi connectivity index (χ2n) is 5.08. The SMILES string of the molecule is Cl.Nc1cc2c(cc1NC(=O)C1SCCc3sccc31)OCO2. The molecular formula is C15H15ClN2O3S2. The highest BCUT2D eigenvalue weighted by Gasteiger charge is 2.28. The lowest BCUT2D eigenvalue weighted by Gasteiger charge is -2.22. The van der Waals surface area contributed by atoms with Gasteiger partial charge in [-0.15, -0.1) is 35.5 Å². The van der Waals surface area contributed by atoms with Gasteiger partial charge in [-0.25, -0.2) is 0 Å². The molecule has 1 aromatic carbocycles. The first-order valence-electron chi connectivity index (χ1n) is 6.90. The monoisotopic (exact) mass is 370 g/mol. The molecule has 2 aliphatic heterocycles. The summed E-state index contributed by atoms with van der Waals surface area (Å²) < 4.78 is 10.6. The van der Waals surface area contributed by atoms with E-state index in [1.54, 1.807) is 35.2 Å². The van der Waals surface area contributed by atoms with Crippen molar-refractivity contribution in [2.75, 3.05) is 23.6 Å². The summed E-state index contributed by atoms with van der Waals surface area (Å²) in [6.07, 6.45) is 1.04. The van der Waals surface area contributed by atoms with E-state index in [0.717, 1.165) is 17.7 Å². The van der Waals surface area contributed by atoms with Crippen LogP contribution in [0.4, 0.5) is 11.4 Å². The maximum absolute atomic E-state index is 12.6. The van der Waals surface area contributed by atoms with Gasteiger partial charge in [-0.3, -0.25) is 4.79 Å². The largest absolute Gasteiger partial charge is 0.454 e. The number of anilines is 2. The second-order valence-corrected chi connectivity index (χ2v) is 7.30. The normalized spacial score (nSPS) is 18.0. The van der Waals surface area contributed by atoms with Gasteiger partial charge in [-0.05, 0) is 29.2 Å². The van der Waals surface area contributed by atoms with Gasteiger partial charge in [0.2, 0.25) is 12.7 Å². The summed E-state index contributed by atoms with van der Waals surface area (Å²) in [6.45, 7) is 0.183. The number of halogens is 1. The minimum Gasteiger partial charge on any atom is -0.454 e. The van der Waals surface area contributed by atoms with E-state index in [1.807, 2.05) is 11.4 Å². The van der Waals surface area contributed by atoms with Crippen molar-refractivity contribution >= 4 is 52.8 Å². The van der Waals surface area contributed by atoms with Crippen molar-refractivity contribution in [2.24, 2.45) is 0 Å². The topological polar surface area (TPSA) is 73.6 Å². The predicted molar refractivity (Wildman–Crippen MR) is 96.1 cm³/mol. The number of hydrogen-bond acceptors (Lipinski definition) is 6. The highest BCUT2D eigenvalue weighted by molar-refractivity contribution is 8.00. The summed E-state index contributed by atoms with van der Waals surface area (Å²) in [6, 6.07) is 5.44. The number of rotatable bonds is 2. The zero-order valence-electron chi connectivity index (χ0n) is 12.0. The third-order valence-electron chi connectivity index (χ3n) is 3.72. The van der Waals surface area contributed by atoms with Crippen LogP contribution in [0.2, 0.25) is 0 Å². The standard InChI is InChI=1S/C15H14N2O3S2.ClH/c16-9-5-11-12(20-7-19-11)6-10(9)17-15(18)14-8-1-3-21-13(8)2-4-22-14;/h1,3,5-6,14H,2,4,7,16H2,(H,17,18);1H. The van der Waals surface area contributed by atoms with Gasteiger partial charge in [0.15, 0.2) is 11.5 Å². The van der Waals surface area contributed by atoms with Crippen LogP contribution in [0.3, 0.4) is 0 Å². The van der Waals surface area contributed by atoms with Crippen LogP contribution in [0, 0.1) is 0 Å². The van der Waals surface area contributed by atoms with Crippen molar-refractivity contribution in [1.29, 1.82) is 0 Å². The lowest BCUT2D eigenvalue weighted by molar-refractivity contribution is -0.115. The van der Waals surface area contributed by atoms with Gasteiger partial charge < -0.3 is 20.5 Å². The van der Waals surface area contributed by atoms with E-state index < -0.39 is 0 Å². The Labute approximate surface area is 147 Å². The Hall–Kier alpha value is -1.57. The van der Waals surface area contributed by atoms with Crippen LogP contribution in [0.15, 0.2) is 23.6 Å². The number of carbonyl (C=O) groups is 1. The Morgan fingerprint density at radius 3 is 2.91 bits per heavy atom. The molecule has 0 saturated heterocycles. The Balaban J connectivity index is 0.00000156. The molecule has 0 radical (unpaired) electrons. The van der Waals surface area contributed by atoms with Gasteiger partial charge in [0.05, 0.1) is 11.4 Å². The highest BCUT2D eigenvalue weighted by atomic mass is 35.5. The minimum atomic E-state index is -0.181. The summed E-state index contributed by atoms with van der Waals surface area (Å²) >= 11 is 3.38. The number of aryl methyl sites for hydroxylation is 1. The summed E-state index contributed by atoms with van der Waals surface area (Å²) in [5, 5.41) is 4.79. The molecule has 1 unspecified atom stereocenters. The highest BCUT2D eigenvalue weighted by Crippen LogP contribution is 2.42. The van der Waals surface area contributed by atoms with Crippen molar-refractivity contribution < 1.29 is 14.3 Å². The number of nitrogens with one attached hydrogen (secondary N) is 1. The summed E-state index contributed by atoms with van der Waals surface area (Å²) in [4.78, 5) is 13.9. The Morgan fingerprint density at radius 1 is 1.30 bits per heavy atom. The minimum absolute atomic E-state index is 0. The van der Waals surface area contributed by atoms with Crippen molar-refractivity contribution in [1.82, 2.24) is 0 Å². The number of nitrogens with two attached hydrogens (primary N) is 1. The van der Waals surface area contributed by atoms with Gasteiger partial charge in [0.25, 0.3) is 0 Å². The number of carbonyl (C=O) groups excluding carboxylic acids is 1. The maximum atomic E-state index is 12.6. The zero-order valence-corrected chi connectivity index (χ0v) is 14.5. The molecule has 4 rings (SSSR count). The van der Waals surface area contributed by atoms with E-state index in [9.17, 15) is 4.79 Å². The average Bonchev–Trinajstić information content (AvgIpc) is 3.15. The third kappa shape index (κ3) is 2.96. The van der Waals surface area contributed by atoms with Gasteiger partial charge in [-0.1, -0.05) is 0 Å². The molecule has 122 valence electrons. The lowest BCUT2D eigenvalue weighted by Crippen LogP contribution is -2.22. The van der Waals surface area contributed by atoms with Crippen molar-refractivity contribution in [3.63, 3.8) is 0 Å². The number of fused-ring (bicyclic) bond motifs is 2. The smallest absolute Gasteiger partial charge is 0.242 e. The first-order chi connectivity index (χ1) is 10.7. The van der Waals surface area contributed by atoms with E-state index >= 15 is 0 Å². The number of ether oxygens (including phenoxy) is 2. The molecule has 2 aliphatic rings. The van der Waals surface area contributed by atoms with Crippen LogP contribution < -0.4 is 20.5 Å². The fourth-order valence-corrected chi connectivity index (χ4v) is 4.92. The molecule has 0 bridgehead atoms. The van der Waals surface area contributed by atoms with E-state index in [-0.39, 0.29) is 30.4 Å². The quantitative estimate of drug-likeness (QED) is 0.792. The molecule has 23 heavy (non-hydrogen) atoms. The number of hydrogen-bond donors (Lipinski definition) is 2. The molecule has 0 spiro atoms. The van der Waals surface area contributed by atoms with Crippen molar-refractivity contribution in [3.05, 3.63) is 34.0 Å². The molecule has 1 amide bonds. The molecule has 0 fully saturated rings. The second kappa shape index (κ2) is 6.51. The van der Waals surface area contributed by atoms with E-state index in [2.05, 4.69) is 5.32 Å². The molecule has 8 heteroatoms. The number of benzene rings is 1. The molecule has 0 aliphatic carbocycles. The number of nitrogen functional groups attached to an aromatic ring is 1. The summed E-state index contributed by atoms with van der Waals surface area (Å²) in [7, 11) is 0. The van der Waals surface area contributed by atoms with E-state index in [1.165, 1.54) is 4.88 Å². The Bertz CT molecular complexity index is 750. The van der Waals surface area contributed by atoms with Gasteiger partial charge in [0.1, 0.15) is 5.25 Å². The maximum Gasteiger partial charge on any atom is 0.242 e. The predicted octanol–water partition coefficient (Wildman–Crippen LogP) is 3.45. The first kappa shape index (κ1) is 16.3. The van der Waals surface area contributed by atoms with Crippen LogP contribution in [-0.2, 0) is 11.2 Å². The lowest BCUT2D eigenvalue weighted by atomic mass is 10.1. The van der Waals surface area contributed by atoms with Gasteiger partial charge in [-0.2, -0.15) is 0 Å². The van der Waals surface area contributed by atoms with Crippen LogP contribution in [0.25, 0.3) is 0 Å². The molecular weight excluding hydrogens is 356 g/mol. The molecule has 5 nitrogen and oxygen atoms in total. The van der Waals surface area contributed by atoms with E-state index in [4.69, 9.17) is 15.2 Å². The van der Waals surface area contributed by atoms with Gasteiger partial charge >= 0.3 is 0 Å². The summed E-state index contributed by atoms with van der Waals surface area (Å²) in [5.74, 6) is 2.14. The van der Waals surface area contributed by atoms with Gasteiger partial charge in [0, 0.05) is 17.0 Å². The molecule has 3 N–H and O–H groups in total. The molecule has 1 aromatic heterocycles. The fourth-order valence-electron chi connectivity index (χ4n) is 2.63. The fraction of sp³-hybridized carbons (Fsp3) is 0.267. The van der Waals surface area contributed by atoms with Crippen molar-refractivity contribution in [3.8, 4) is 11.5 Å². The number of thiophene rings is 1. The van der Waals surface area contributed by atoms with Crippen LogP contribution in [0.5, 0.6) is 11.5 Å². The third-order valence-corrected chi connectivity index (χ3v) is 5.95. The number of amides is 1. The summed E-state index contributed by atoms with van der Waals surface area (Å²) in [5.41, 5.74) is 8.16. The Kier molecular flexibility index (Phi) is 4.61. The van der Waals surface area contributed by atoms with Crippen LogP contribution >= 0.6 is 35.5 Å². The Morgan fingerprint density at radius 2 is 2.09 bits per heavy atom. The zero-order chi connectivity index (χ0) is 15.1. The first-order valence-corrected chi connectivity index (χ1v) is 8.83. The number of thioether (sulfide) groups is 1. The molecule has 1 atom stereocenters. The molecule has 3 heterocycles. The molecule has 0 saturated carbocycles. The van der Waals surface area contributed by atoms with Crippen molar-refractivity contribution in [2.45, 2.75) is 11.7 Å². The van der Waals surface area contributed by atoms with Crippen LogP contribution in [-0.4, -0.2) is 18.5 Å². The van der Waals surface area contributed by atoms with E-state index in [0.29, 0.717) is 22.9 Å². The average molecular weight is 371 g/mol. The molecule has 2 aromatic rings.